The maximum atomic E-state index is 12.3. The normalized spacial score (nSPS) is 11.4. The van der Waals surface area contributed by atoms with Crippen LogP contribution in [-0.2, 0) is 23.5 Å². The lowest BCUT2D eigenvalue weighted by Crippen LogP contribution is -2.20. The zero-order chi connectivity index (χ0) is 15.6. The Labute approximate surface area is 122 Å². The molecule has 0 aliphatic carbocycles. The summed E-state index contributed by atoms with van der Waals surface area (Å²) < 4.78 is 28.4. The minimum Gasteiger partial charge on any atom is -0.354 e. The molecule has 2 rings (SSSR count). The van der Waals surface area contributed by atoms with Crippen molar-refractivity contribution < 1.29 is 13.2 Å². The van der Waals surface area contributed by atoms with Crippen molar-refractivity contribution in [2.24, 2.45) is 7.05 Å². The summed E-state index contributed by atoms with van der Waals surface area (Å²) in [5.74, 6) is -0.135. The highest BCUT2D eigenvalue weighted by Crippen LogP contribution is 2.17. The van der Waals surface area contributed by atoms with Gasteiger partial charge in [-0.25, -0.2) is 8.42 Å². The second-order valence-electron chi connectivity index (χ2n) is 4.49. The van der Waals surface area contributed by atoms with Gasteiger partial charge >= 0.3 is 0 Å². The van der Waals surface area contributed by atoms with Gasteiger partial charge in [-0.05, 0) is 12.5 Å². The van der Waals surface area contributed by atoms with Crippen LogP contribution in [-0.4, -0.2) is 36.1 Å². The number of carbonyl (C=O) groups is 1. The maximum Gasteiger partial charge on any atom is 0.267 e. The van der Waals surface area contributed by atoms with E-state index in [1.165, 1.54) is 23.9 Å². The van der Waals surface area contributed by atoms with Crippen molar-refractivity contribution in [2.45, 2.75) is 18.2 Å². The predicted octanol–water partition coefficient (Wildman–Crippen LogP) is 0.471. The van der Waals surface area contributed by atoms with E-state index in [0.29, 0.717) is 0 Å². The number of H-pyrrole nitrogens is 1. The van der Waals surface area contributed by atoms with E-state index >= 15 is 0 Å². The molecular weight excluding hydrogens is 294 g/mol. The van der Waals surface area contributed by atoms with Gasteiger partial charge in [0.1, 0.15) is 10.6 Å². The molecule has 0 unspecified atom stereocenters. The number of aryl methyl sites for hydroxylation is 2. The van der Waals surface area contributed by atoms with Crippen LogP contribution in [0.2, 0.25) is 0 Å². The van der Waals surface area contributed by atoms with Gasteiger partial charge in [0.15, 0.2) is 5.82 Å². The first-order valence-electron chi connectivity index (χ1n) is 6.33. The van der Waals surface area contributed by atoms with Crippen molar-refractivity contribution in [1.29, 1.82) is 0 Å². The van der Waals surface area contributed by atoms with Crippen LogP contribution in [0.3, 0.4) is 0 Å². The van der Waals surface area contributed by atoms with Gasteiger partial charge in [-0.2, -0.15) is 5.10 Å². The SMILES string of the molecule is CCc1cc(NS(=O)(=O)c2cc(C(=O)NC)n(C)c2)n[nH]1. The highest BCUT2D eigenvalue weighted by atomic mass is 32.2. The van der Waals surface area contributed by atoms with Crippen molar-refractivity contribution >= 4 is 21.7 Å². The molecule has 1 amide bonds. The smallest absolute Gasteiger partial charge is 0.267 e. The van der Waals surface area contributed by atoms with E-state index in [1.807, 2.05) is 6.92 Å². The summed E-state index contributed by atoms with van der Waals surface area (Å²) in [4.78, 5) is 11.6. The number of nitrogens with zero attached hydrogens (tertiary/aromatic N) is 2. The van der Waals surface area contributed by atoms with E-state index in [9.17, 15) is 13.2 Å². The summed E-state index contributed by atoms with van der Waals surface area (Å²) in [6.07, 6.45) is 2.10. The molecule has 8 nitrogen and oxygen atoms in total. The number of sulfonamides is 1. The van der Waals surface area contributed by atoms with Crippen molar-refractivity contribution in [3.05, 3.63) is 29.7 Å². The summed E-state index contributed by atoms with van der Waals surface area (Å²) in [5.41, 5.74) is 1.08. The lowest BCUT2D eigenvalue weighted by atomic mass is 10.3. The second-order valence-corrected chi connectivity index (χ2v) is 6.17. The fourth-order valence-corrected chi connectivity index (χ4v) is 2.89. The van der Waals surface area contributed by atoms with Crippen LogP contribution in [0.1, 0.15) is 23.1 Å². The van der Waals surface area contributed by atoms with E-state index in [2.05, 4.69) is 20.2 Å². The third kappa shape index (κ3) is 3.07. The Kier molecular flexibility index (Phi) is 4.03. The molecule has 114 valence electrons. The van der Waals surface area contributed by atoms with Crippen LogP contribution in [0, 0.1) is 0 Å². The first-order valence-corrected chi connectivity index (χ1v) is 7.81. The summed E-state index contributed by atoms with van der Waals surface area (Å²) in [5, 5.41) is 9.06. The van der Waals surface area contributed by atoms with Gasteiger partial charge in [0, 0.05) is 32.1 Å². The van der Waals surface area contributed by atoms with Gasteiger partial charge in [-0.1, -0.05) is 6.92 Å². The number of carbonyl (C=O) groups excluding carboxylic acids is 1. The highest BCUT2D eigenvalue weighted by molar-refractivity contribution is 7.92. The third-order valence-corrected chi connectivity index (χ3v) is 4.32. The average Bonchev–Trinajstić information content (AvgIpc) is 3.04. The molecule has 0 saturated carbocycles. The molecule has 0 aliphatic heterocycles. The third-order valence-electron chi connectivity index (χ3n) is 3.00. The van der Waals surface area contributed by atoms with Crippen molar-refractivity contribution in [3.8, 4) is 0 Å². The molecule has 0 radical (unpaired) electrons. The Morgan fingerprint density at radius 1 is 1.43 bits per heavy atom. The van der Waals surface area contributed by atoms with E-state index in [0.717, 1.165) is 12.1 Å². The molecule has 0 atom stereocenters. The van der Waals surface area contributed by atoms with Crippen LogP contribution >= 0.6 is 0 Å². The summed E-state index contributed by atoms with van der Waals surface area (Å²) in [6, 6.07) is 2.94. The fraction of sp³-hybridized carbons (Fsp3) is 0.333. The second kappa shape index (κ2) is 5.60. The molecule has 2 aromatic heterocycles. The Morgan fingerprint density at radius 2 is 2.14 bits per heavy atom. The molecule has 0 spiro atoms. The number of aromatic amines is 1. The van der Waals surface area contributed by atoms with Crippen LogP contribution in [0.25, 0.3) is 0 Å². The first-order chi connectivity index (χ1) is 9.87. The number of anilines is 1. The topological polar surface area (TPSA) is 109 Å². The molecular formula is C12H17N5O3S. The van der Waals surface area contributed by atoms with Crippen LogP contribution in [0.5, 0.6) is 0 Å². The number of amides is 1. The standard InChI is InChI=1S/C12H17N5O3S/c1-4-8-5-11(15-14-8)16-21(19,20)9-6-10(12(18)13-2)17(3)7-9/h5-7H,4H2,1-3H3,(H,13,18)(H2,14,15,16). The largest absolute Gasteiger partial charge is 0.354 e. The molecule has 0 saturated heterocycles. The first kappa shape index (κ1) is 15.1. The van der Waals surface area contributed by atoms with Gasteiger partial charge in [-0.3, -0.25) is 14.6 Å². The van der Waals surface area contributed by atoms with Gasteiger partial charge in [-0.15, -0.1) is 0 Å². The van der Waals surface area contributed by atoms with Gasteiger partial charge in [0.05, 0.1) is 0 Å². The van der Waals surface area contributed by atoms with Gasteiger partial charge in [0.2, 0.25) is 0 Å². The highest BCUT2D eigenvalue weighted by Gasteiger charge is 2.21. The number of nitrogens with one attached hydrogen (secondary N) is 3. The zero-order valence-electron chi connectivity index (χ0n) is 12.0. The lowest BCUT2D eigenvalue weighted by Gasteiger charge is -2.01. The van der Waals surface area contributed by atoms with E-state index < -0.39 is 10.0 Å². The molecule has 3 N–H and O–H groups in total. The van der Waals surface area contributed by atoms with Gasteiger partial charge < -0.3 is 9.88 Å². The summed E-state index contributed by atoms with van der Waals surface area (Å²) >= 11 is 0. The molecule has 0 aliphatic rings. The Hall–Kier alpha value is -2.29. The average molecular weight is 311 g/mol. The molecule has 0 aromatic carbocycles. The predicted molar refractivity (Wildman–Crippen MR) is 77.6 cm³/mol. The monoisotopic (exact) mass is 311 g/mol. The Balaban J connectivity index is 2.29. The number of hydrogen-bond donors (Lipinski definition) is 3. The molecule has 21 heavy (non-hydrogen) atoms. The minimum atomic E-state index is -3.78. The quantitative estimate of drug-likeness (QED) is 0.745. The molecule has 2 heterocycles. The number of aromatic nitrogens is 3. The number of hydrogen-bond acceptors (Lipinski definition) is 4. The zero-order valence-corrected chi connectivity index (χ0v) is 12.8. The molecule has 0 bridgehead atoms. The Morgan fingerprint density at radius 3 is 2.71 bits per heavy atom. The van der Waals surface area contributed by atoms with E-state index in [4.69, 9.17) is 0 Å². The minimum absolute atomic E-state index is 0.00430. The van der Waals surface area contributed by atoms with E-state index in [-0.39, 0.29) is 22.3 Å². The van der Waals surface area contributed by atoms with Crippen molar-refractivity contribution in [3.63, 3.8) is 0 Å². The van der Waals surface area contributed by atoms with E-state index in [1.54, 1.807) is 13.1 Å². The Bertz CT molecular complexity index is 760. The van der Waals surface area contributed by atoms with Crippen LogP contribution < -0.4 is 10.0 Å². The summed E-state index contributed by atoms with van der Waals surface area (Å²) in [6.45, 7) is 1.93. The van der Waals surface area contributed by atoms with Gasteiger partial charge in [0.25, 0.3) is 15.9 Å². The molecule has 9 heteroatoms. The van der Waals surface area contributed by atoms with Crippen molar-refractivity contribution in [2.75, 3.05) is 11.8 Å². The van der Waals surface area contributed by atoms with Crippen molar-refractivity contribution in [1.82, 2.24) is 20.1 Å². The fourth-order valence-electron chi connectivity index (χ4n) is 1.83. The lowest BCUT2D eigenvalue weighted by molar-refractivity contribution is 0.0955. The maximum absolute atomic E-state index is 12.3. The van der Waals surface area contributed by atoms with Crippen LogP contribution in [0.15, 0.2) is 23.2 Å². The molecule has 2 aromatic rings. The molecule has 0 fully saturated rings. The number of rotatable bonds is 5. The summed E-state index contributed by atoms with van der Waals surface area (Å²) in [7, 11) is -0.697. The van der Waals surface area contributed by atoms with Crippen LogP contribution in [0.4, 0.5) is 5.82 Å².